The summed E-state index contributed by atoms with van der Waals surface area (Å²) in [6.45, 7) is 17.9. The van der Waals surface area contributed by atoms with E-state index in [1.165, 1.54) is 80.8 Å². The summed E-state index contributed by atoms with van der Waals surface area (Å²) in [6, 6.07) is 21.6. The number of hydrogen-bond acceptors (Lipinski definition) is 0. The standard InChI is InChI=1S/C21H25.C11H4F5.C3H6.Hf/c1-20(2,3)16-7-9-18-14(12-16)11-15-13-17(21(4,5)6)8-10-19(15)18;12-7-6(5-3-1-2-4-5)8(13)10(15)11(16)9(7)14;1-3-2;/h7-13H,1-6H3;1-4H;1-2H3;/q2*-1;;+2. The molecule has 214 valence electrons. The van der Waals surface area contributed by atoms with Crippen molar-refractivity contribution in [2.75, 3.05) is 0 Å². The Labute approximate surface area is 254 Å². The molecule has 5 aromatic carbocycles. The van der Waals surface area contributed by atoms with Crippen LogP contribution in [0.5, 0.6) is 0 Å². The van der Waals surface area contributed by atoms with Crippen LogP contribution in [0, 0.1) is 29.1 Å². The summed E-state index contributed by atoms with van der Waals surface area (Å²) in [5, 5.41) is 5.48. The first-order chi connectivity index (χ1) is 18.9. The molecule has 0 aliphatic heterocycles. The average molecular weight is 729 g/mol. The normalized spacial score (nSPS) is 11.7. The molecule has 0 amide bonds. The van der Waals surface area contributed by atoms with E-state index in [1.807, 2.05) is 0 Å². The van der Waals surface area contributed by atoms with Crippen molar-refractivity contribution in [1.29, 1.82) is 0 Å². The van der Waals surface area contributed by atoms with Gasteiger partial charge in [0.05, 0.1) is 0 Å². The van der Waals surface area contributed by atoms with Crippen LogP contribution in [0.2, 0.25) is 0 Å². The summed E-state index contributed by atoms with van der Waals surface area (Å²) in [4.78, 5) is 0. The first-order valence-electron chi connectivity index (χ1n) is 13.3. The maximum atomic E-state index is 13.2. The molecule has 0 saturated carbocycles. The van der Waals surface area contributed by atoms with Crippen molar-refractivity contribution < 1.29 is 45.8 Å². The molecule has 0 unspecified atom stereocenters. The van der Waals surface area contributed by atoms with Crippen LogP contribution >= 0.6 is 0 Å². The van der Waals surface area contributed by atoms with Crippen LogP contribution in [-0.2, 0) is 34.7 Å². The molecule has 5 aromatic rings. The van der Waals surface area contributed by atoms with Crippen molar-refractivity contribution in [3.8, 4) is 11.1 Å². The van der Waals surface area contributed by atoms with E-state index < -0.39 is 34.6 Å². The van der Waals surface area contributed by atoms with Crippen LogP contribution in [0.3, 0.4) is 0 Å². The SMILES string of the molecule is CC(C)(C)c1ccc2c(c1)[cH-]c1cc(C(C)(C)C)ccc12.C[C](C)=[Hf+2].Fc1c(F)c(F)c(-c2ccc[cH-]2)c(F)c1F. The number of rotatable bonds is 1. The van der Waals surface area contributed by atoms with Crippen molar-refractivity contribution in [1.82, 2.24) is 0 Å². The average Bonchev–Trinajstić information content (AvgIpc) is 3.52. The Morgan fingerprint density at radius 2 is 1.02 bits per heavy atom. The first-order valence-corrected chi connectivity index (χ1v) is 15.1. The van der Waals surface area contributed by atoms with E-state index in [-0.39, 0.29) is 16.4 Å². The van der Waals surface area contributed by atoms with Crippen molar-refractivity contribution in [3.05, 3.63) is 107 Å². The number of benzene rings is 3. The third-order valence-electron chi connectivity index (χ3n) is 6.60. The van der Waals surface area contributed by atoms with Crippen LogP contribution in [0.25, 0.3) is 32.7 Å². The molecule has 0 radical (unpaired) electrons. The zero-order chi connectivity index (χ0) is 30.9. The maximum Gasteiger partial charge on any atom is 0.198 e. The second kappa shape index (κ2) is 12.6. The summed E-state index contributed by atoms with van der Waals surface area (Å²) in [5.41, 5.74) is 2.26. The van der Waals surface area contributed by atoms with Gasteiger partial charge < -0.3 is 0 Å². The largest absolute Gasteiger partial charge is 0.214 e. The van der Waals surface area contributed by atoms with Gasteiger partial charge in [-0.2, -0.15) is 18.2 Å². The number of fused-ring (bicyclic) bond motifs is 3. The Morgan fingerprint density at radius 1 is 0.634 bits per heavy atom. The summed E-state index contributed by atoms with van der Waals surface area (Å²) >= 11 is 1.27. The predicted molar refractivity (Wildman–Crippen MR) is 158 cm³/mol. The van der Waals surface area contributed by atoms with E-state index in [1.54, 1.807) is 3.26 Å². The molecule has 0 atom stereocenters. The smallest absolute Gasteiger partial charge is 0.198 e. The topological polar surface area (TPSA) is 0 Å². The molecule has 0 spiro atoms. The van der Waals surface area contributed by atoms with Crippen LogP contribution in [-0.4, -0.2) is 3.26 Å². The van der Waals surface area contributed by atoms with E-state index in [0.29, 0.717) is 0 Å². The van der Waals surface area contributed by atoms with Gasteiger partial charge in [-0.1, -0.05) is 76.9 Å². The molecule has 0 saturated heterocycles. The molecule has 5 rings (SSSR count). The summed E-state index contributed by atoms with van der Waals surface area (Å²) < 4.78 is 66.4. The second-order valence-corrected chi connectivity index (χ2v) is 16.0. The van der Waals surface area contributed by atoms with Crippen LogP contribution in [0.15, 0.2) is 66.7 Å². The zero-order valence-electron chi connectivity index (χ0n) is 24.7. The minimum atomic E-state index is -2.15. The first kappa shape index (κ1) is 32.8. The Balaban J connectivity index is 0.000000205. The molecule has 0 bridgehead atoms. The molecule has 0 aliphatic carbocycles. The quantitative estimate of drug-likeness (QED) is 0.0530. The van der Waals surface area contributed by atoms with Gasteiger partial charge >= 0.3 is 41.0 Å². The summed E-state index contributed by atoms with van der Waals surface area (Å²) in [5.74, 6) is -9.65. The molecule has 41 heavy (non-hydrogen) atoms. The minimum absolute atomic E-state index is 0.0483. The number of halogens is 5. The molecular formula is C35H35F5Hf. The second-order valence-electron chi connectivity index (χ2n) is 12.4. The minimum Gasteiger partial charge on any atom is -0.214 e. The van der Waals surface area contributed by atoms with Gasteiger partial charge in [-0.05, 0) is 16.4 Å². The van der Waals surface area contributed by atoms with Gasteiger partial charge in [-0.3, -0.25) is 0 Å². The molecule has 0 aromatic heterocycles. The van der Waals surface area contributed by atoms with E-state index in [2.05, 4.69) is 97.9 Å². The van der Waals surface area contributed by atoms with E-state index in [4.69, 9.17) is 0 Å². The van der Waals surface area contributed by atoms with Gasteiger partial charge in [0, 0.05) is 0 Å². The third-order valence-corrected chi connectivity index (χ3v) is 6.60. The van der Waals surface area contributed by atoms with Crippen molar-refractivity contribution >= 4 is 24.8 Å². The number of hydrogen-bond donors (Lipinski definition) is 0. The Hall–Kier alpha value is -2.73. The van der Waals surface area contributed by atoms with Crippen molar-refractivity contribution in [2.45, 2.75) is 66.2 Å². The van der Waals surface area contributed by atoms with E-state index in [0.717, 1.165) is 0 Å². The fourth-order valence-corrected chi connectivity index (χ4v) is 4.35. The van der Waals surface area contributed by atoms with Crippen LogP contribution in [0.1, 0.15) is 66.5 Å². The van der Waals surface area contributed by atoms with Gasteiger partial charge in [-0.15, -0.1) is 51.4 Å². The van der Waals surface area contributed by atoms with E-state index >= 15 is 0 Å². The Bertz CT molecular complexity index is 1580. The van der Waals surface area contributed by atoms with E-state index in [9.17, 15) is 22.0 Å². The van der Waals surface area contributed by atoms with Crippen LogP contribution in [0.4, 0.5) is 22.0 Å². The Kier molecular flexibility index (Phi) is 10.1. The van der Waals surface area contributed by atoms with Gasteiger partial charge in [0.15, 0.2) is 17.5 Å². The summed E-state index contributed by atoms with van der Waals surface area (Å²) in [6.07, 6.45) is 0. The fraction of sp³-hybridized carbons (Fsp3) is 0.286. The van der Waals surface area contributed by atoms with Gasteiger partial charge in [0.1, 0.15) is 11.6 Å². The zero-order valence-corrected chi connectivity index (χ0v) is 28.3. The summed E-state index contributed by atoms with van der Waals surface area (Å²) in [7, 11) is 0. The van der Waals surface area contributed by atoms with Crippen molar-refractivity contribution in [3.63, 3.8) is 0 Å². The predicted octanol–water partition coefficient (Wildman–Crippen LogP) is 10.8. The van der Waals surface area contributed by atoms with Gasteiger partial charge in [-0.25, -0.2) is 22.0 Å². The molecular weight excluding hydrogens is 694 g/mol. The molecule has 0 fully saturated rings. The molecule has 0 aliphatic rings. The maximum absolute atomic E-state index is 13.2. The molecule has 0 heterocycles. The monoisotopic (exact) mass is 730 g/mol. The van der Waals surface area contributed by atoms with Gasteiger partial charge in [0.2, 0.25) is 0 Å². The third kappa shape index (κ3) is 7.57. The fourth-order valence-electron chi connectivity index (χ4n) is 4.35. The van der Waals surface area contributed by atoms with Gasteiger partial charge in [0.25, 0.3) is 0 Å². The Morgan fingerprint density at radius 3 is 1.37 bits per heavy atom. The molecule has 6 heteroatoms. The van der Waals surface area contributed by atoms with Crippen molar-refractivity contribution in [2.24, 2.45) is 0 Å². The molecule has 0 N–H and O–H groups in total. The van der Waals surface area contributed by atoms with Crippen LogP contribution < -0.4 is 0 Å². The molecule has 0 nitrogen and oxygen atoms in total.